The first-order valence-corrected chi connectivity index (χ1v) is 5.70. The molecule has 1 atom stereocenters. The van der Waals surface area contributed by atoms with Crippen LogP contribution in [0.2, 0.25) is 0 Å². The zero-order chi connectivity index (χ0) is 11.7. The first-order valence-electron chi connectivity index (χ1n) is 5.70. The number of hydrogen-bond donors (Lipinski definition) is 0. The van der Waals surface area contributed by atoms with Crippen molar-refractivity contribution in [1.29, 1.82) is 0 Å². The molecule has 1 aromatic rings. The number of aryl methyl sites for hydroxylation is 1. The van der Waals surface area contributed by atoms with Gasteiger partial charge in [-0.1, -0.05) is 31.2 Å². The van der Waals surface area contributed by atoms with Crippen LogP contribution in [0.1, 0.15) is 24.1 Å². The van der Waals surface area contributed by atoms with Gasteiger partial charge in [0.15, 0.2) is 0 Å². The number of rotatable bonds is 2. The maximum atomic E-state index is 11.7. The number of carbonyl (C=O) groups is 1. The average Bonchev–Trinajstić information content (AvgIpc) is 2.57. The second-order valence-electron chi connectivity index (χ2n) is 4.38. The molecule has 1 fully saturated rings. The largest absolute Gasteiger partial charge is 0.325 e. The van der Waals surface area contributed by atoms with E-state index in [1.54, 1.807) is 9.80 Å². The summed E-state index contributed by atoms with van der Waals surface area (Å²) in [6, 6.07) is 8.85. The third-order valence-corrected chi connectivity index (χ3v) is 3.32. The van der Waals surface area contributed by atoms with E-state index in [9.17, 15) is 4.79 Å². The van der Waals surface area contributed by atoms with Crippen LogP contribution in [0.4, 0.5) is 4.79 Å². The highest BCUT2D eigenvalue weighted by Crippen LogP contribution is 2.27. The third kappa shape index (κ3) is 1.77. The molecule has 16 heavy (non-hydrogen) atoms. The molecule has 1 aromatic carbocycles. The average molecular weight is 218 g/mol. The minimum absolute atomic E-state index is 0.101. The molecule has 0 spiro atoms. The van der Waals surface area contributed by atoms with Gasteiger partial charge in [0.25, 0.3) is 0 Å². The Labute approximate surface area is 96.7 Å². The molecule has 1 aliphatic rings. The van der Waals surface area contributed by atoms with Crippen molar-refractivity contribution in [2.24, 2.45) is 0 Å². The van der Waals surface area contributed by atoms with Gasteiger partial charge in [0.1, 0.15) is 0 Å². The fourth-order valence-corrected chi connectivity index (χ4v) is 2.17. The van der Waals surface area contributed by atoms with Crippen LogP contribution in [0, 0.1) is 0 Å². The topological polar surface area (TPSA) is 23.6 Å². The van der Waals surface area contributed by atoms with E-state index >= 15 is 0 Å². The zero-order valence-electron chi connectivity index (χ0n) is 10.1. The van der Waals surface area contributed by atoms with E-state index in [4.69, 9.17) is 0 Å². The Balaban J connectivity index is 2.21. The summed E-state index contributed by atoms with van der Waals surface area (Å²) in [7, 11) is 3.71. The van der Waals surface area contributed by atoms with Crippen LogP contribution in [0.25, 0.3) is 0 Å². The molecule has 86 valence electrons. The van der Waals surface area contributed by atoms with Gasteiger partial charge in [-0.3, -0.25) is 0 Å². The van der Waals surface area contributed by atoms with E-state index in [1.165, 1.54) is 11.1 Å². The molecular formula is C13H18N2O. The number of carbonyl (C=O) groups excluding carboxylic acids is 1. The lowest BCUT2D eigenvalue weighted by Crippen LogP contribution is -2.26. The highest BCUT2D eigenvalue weighted by Gasteiger charge is 2.32. The van der Waals surface area contributed by atoms with E-state index in [1.807, 2.05) is 14.1 Å². The number of amides is 2. The highest BCUT2D eigenvalue weighted by molar-refractivity contribution is 5.76. The lowest BCUT2D eigenvalue weighted by atomic mass is 10.0. The van der Waals surface area contributed by atoms with Crippen molar-refractivity contribution in [3.05, 3.63) is 35.4 Å². The minimum Gasteiger partial charge on any atom is -0.325 e. The SMILES string of the molecule is CCc1ccc(C2CN(C)C(=O)N2C)cc1. The maximum Gasteiger partial charge on any atom is 0.320 e. The normalized spacial score (nSPS) is 20.7. The van der Waals surface area contributed by atoms with Crippen LogP contribution < -0.4 is 0 Å². The fraction of sp³-hybridized carbons (Fsp3) is 0.462. The number of likely N-dealkylation sites (N-methyl/N-ethyl adjacent to an activating group) is 2. The van der Waals surface area contributed by atoms with Crippen LogP contribution in [0.5, 0.6) is 0 Å². The number of hydrogen-bond acceptors (Lipinski definition) is 1. The van der Waals surface area contributed by atoms with Gasteiger partial charge in [-0.2, -0.15) is 0 Å². The summed E-state index contributed by atoms with van der Waals surface area (Å²) >= 11 is 0. The molecule has 1 unspecified atom stereocenters. The van der Waals surface area contributed by atoms with Gasteiger partial charge in [-0.15, -0.1) is 0 Å². The van der Waals surface area contributed by atoms with Gasteiger partial charge in [-0.05, 0) is 17.5 Å². The van der Waals surface area contributed by atoms with Crippen molar-refractivity contribution in [1.82, 2.24) is 9.80 Å². The Morgan fingerprint density at radius 3 is 2.31 bits per heavy atom. The predicted molar refractivity (Wildman–Crippen MR) is 64.4 cm³/mol. The summed E-state index contributed by atoms with van der Waals surface area (Å²) in [5.74, 6) is 0. The summed E-state index contributed by atoms with van der Waals surface area (Å²) < 4.78 is 0. The first kappa shape index (κ1) is 11.0. The fourth-order valence-electron chi connectivity index (χ4n) is 2.17. The Morgan fingerprint density at radius 2 is 1.88 bits per heavy atom. The summed E-state index contributed by atoms with van der Waals surface area (Å²) in [5, 5.41) is 0. The Bertz CT molecular complexity index is 385. The predicted octanol–water partition coefficient (Wildman–Crippen LogP) is 2.29. The molecule has 1 aliphatic heterocycles. The van der Waals surface area contributed by atoms with Gasteiger partial charge in [0.2, 0.25) is 0 Å². The summed E-state index contributed by atoms with van der Waals surface area (Å²) in [4.78, 5) is 15.2. The van der Waals surface area contributed by atoms with Crippen LogP contribution in [0.15, 0.2) is 24.3 Å². The lowest BCUT2D eigenvalue weighted by molar-refractivity contribution is 0.201. The van der Waals surface area contributed by atoms with Crippen molar-refractivity contribution >= 4 is 6.03 Å². The van der Waals surface area contributed by atoms with Crippen LogP contribution >= 0.6 is 0 Å². The van der Waals surface area contributed by atoms with Gasteiger partial charge in [-0.25, -0.2) is 4.79 Å². The van der Waals surface area contributed by atoms with Crippen molar-refractivity contribution < 1.29 is 4.79 Å². The molecule has 1 saturated heterocycles. The number of nitrogens with zero attached hydrogens (tertiary/aromatic N) is 2. The van der Waals surface area contributed by atoms with Gasteiger partial charge in [0.05, 0.1) is 6.04 Å². The lowest BCUT2D eigenvalue weighted by Gasteiger charge is -2.18. The molecule has 3 heteroatoms. The van der Waals surface area contributed by atoms with E-state index in [-0.39, 0.29) is 12.1 Å². The molecule has 3 nitrogen and oxygen atoms in total. The Morgan fingerprint density at radius 1 is 1.25 bits per heavy atom. The third-order valence-electron chi connectivity index (χ3n) is 3.32. The zero-order valence-corrected chi connectivity index (χ0v) is 10.1. The smallest absolute Gasteiger partial charge is 0.320 e. The van der Waals surface area contributed by atoms with E-state index in [0.29, 0.717) is 0 Å². The van der Waals surface area contributed by atoms with E-state index < -0.39 is 0 Å². The van der Waals surface area contributed by atoms with Crippen LogP contribution in [-0.4, -0.2) is 36.5 Å². The molecule has 1 heterocycles. The molecular weight excluding hydrogens is 200 g/mol. The number of urea groups is 1. The van der Waals surface area contributed by atoms with Crippen molar-refractivity contribution in [3.8, 4) is 0 Å². The summed E-state index contributed by atoms with van der Waals surface area (Å²) in [6.07, 6.45) is 1.06. The molecule has 0 aliphatic carbocycles. The molecule has 0 bridgehead atoms. The van der Waals surface area contributed by atoms with Gasteiger partial charge >= 0.3 is 6.03 Å². The highest BCUT2D eigenvalue weighted by atomic mass is 16.2. The molecule has 0 radical (unpaired) electrons. The van der Waals surface area contributed by atoms with E-state index in [0.717, 1.165) is 13.0 Å². The second kappa shape index (κ2) is 4.16. The first-order chi connectivity index (χ1) is 7.63. The monoisotopic (exact) mass is 218 g/mol. The summed E-state index contributed by atoms with van der Waals surface area (Å²) in [6.45, 7) is 2.93. The van der Waals surface area contributed by atoms with Crippen LogP contribution in [0.3, 0.4) is 0 Å². The molecule has 0 aromatic heterocycles. The standard InChI is InChI=1S/C13H18N2O/c1-4-10-5-7-11(8-6-10)12-9-14(2)13(16)15(12)3/h5-8,12H,4,9H2,1-3H3. The second-order valence-corrected chi connectivity index (χ2v) is 4.38. The number of benzene rings is 1. The molecule has 2 amide bonds. The van der Waals surface area contributed by atoms with Crippen molar-refractivity contribution in [3.63, 3.8) is 0 Å². The quantitative estimate of drug-likeness (QED) is 0.747. The van der Waals surface area contributed by atoms with E-state index in [2.05, 4.69) is 31.2 Å². The Kier molecular flexibility index (Phi) is 2.86. The molecule has 0 saturated carbocycles. The Hall–Kier alpha value is -1.51. The van der Waals surface area contributed by atoms with Crippen molar-refractivity contribution in [2.75, 3.05) is 20.6 Å². The minimum atomic E-state index is 0.101. The molecule has 2 rings (SSSR count). The van der Waals surface area contributed by atoms with Crippen LogP contribution in [-0.2, 0) is 6.42 Å². The van der Waals surface area contributed by atoms with Crippen molar-refractivity contribution in [2.45, 2.75) is 19.4 Å². The van der Waals surface area contributed by atoms with Gasteiger partial charge in [0, 0.05) is 20.6 Å². The summed E-state index contributed by atoms with van der Waals surface area (Å²) in [5.41, 5.74) is 2.56. The molecule has 0 N–H and O–H groups in total. The maximum absolute atomic E-state index is 11.7. The van der Waals surface area contributed by atoms with Gasteiger partial charge < -0.3 is 9.80 Å².